The van der Waals surface area contributed by atoms with Crippen molar-refractivity contribution in [2.75, 3.05) is 13.6 Å². The molecule has 0 radical (unpaired) electrons. The number of rotatable bonds is 5. The lowest BCUT2D eigenvalue weighted by atomic mass is 9.90. The topological polar surface area (TPSA) is 12.0 Å². The van der Waals surface area contributed by atoms with Gasteiger partial charge in [-0.3, -0.25) is 0 Å². The van der Waals surface area contributed by atoms with E-state index in [1.54, 1.807) is 7.05 Å². The van der Waals surface area contributed by atoms with Gasteiger partial charge in [-0.05, 0) is 32.4 Å². The van der Waals surface area contributed by atoms with Crippen molar-refractivity contribution >= 4 is 0 Å². The van der Waals surface area contributed by atoms with Gasteiger partial charge < -0.3 is 5.32 Å². The Morgan fingerprint density at radius 3 is 2.08 bits per heavy atom. The average molecular weight is 179 g/mol. The summed E-state index contributed by atoms with van der Waals surface area (Å²) < 4.78 is 25.3. The van der Waals surface area contributed by atoms with Gasteiger partial charge in [0.05, 0.1) is 0 Å². The molecule has 0 aromatic heterocycles. The highest BCUT2D eigenvalue weighted by Gasteiger charge is 2.27. The van der Waals surface area contributed by atoms with E-state index >= 15 is 0 Å². The molecule has 12 heavy (non-hydrogen) atoms. The van der Waals surface area contributed by atoms with Gasteiger partial charge >= 0.3 is 0 Å². The fraction of sp³-hybridized carbons (Fsp3) is 1.00. The van der Waals surface area contributed by atoms with E-state index in [0.717, 1.165) is 6.92 Å². The first-order valence-corrected chi connectivity index (χ1v) is 4.39. The third-order valence-corrected chi connectivity index (χ3v) is 2.03. The molecule has 0 saturated carbocycles. The van der Waals surface area contributed by atoms with Crippen molar-refractivity contribution in [1.29, 1.82) is 0 Å². The fourth-order valence-electron chi connectivity index (χ4n) is 1.27. The van der Waals surface area contributed by atoms with Crippen LogP contribution in [0.3, 0.4) is 0 Å². The van der Waals surface area contributed by atoms with Crippen LogP contribution in [0.25, 0.3) is 0 Å². The highest BCUT2D eigenvalue weighted by atomic mass is 19.3. The van der Waals surface area contributed by atoms with Crippen molar-refractivity contribution in [3.05, 3.63) is 0 Å². The minimum atomic E-state index is -2.54. The Hall–Kier alpha value is -0.180. The van der Waals surface area contributed by atoms with E-state index in [1.807, 2.05) is 13.8 Å². The minimum Gasteiger partial charge on any atom is -0.319 e. The predicted octanol–water partition coefficient (Wildman–Crippen LogP) is 2.52. The third-order valence-electron chi connectivity index (χ3n) is 2.03. The van der Waals surface area contributed by atoms with Crippen molar-refractivity contribution in [3.63, 3.8) is 0 Å². The van der Waals surface area contributed by atoms with Gasteiger partial charge in [-0.1, -0.05) is 13.8 Å². The van der Waals surface area contributed by atoms with Crippen molar-refractivity contribution < 1.29 is 8.78 Å². The molecule has 0 bridgehead atoms. The highest BCUT2D eigenvalue weighted by Crippen LogP contribution is 2.26. The van der Waals surface area contributed by atoms with Crippen molar-refractivity contribution in [3.8, 4) is 0 Å². The summed E-state index contributed by atoms with van der Waals surface area (Å²) in [4.78, 5) is 0. The van der Waals surface area contributed by atoms with E-state index in [0.29, 0.717) is 12.5 Å². The van der Waals surface area contributed by atoms with E-state index in [9.17, 15) is 8.78 Å². The molecule has 0 heterocycles. The van der Waals surface area contributed by atoms with Crippen LogP contribution in [0, 0.1) is 11.8 Å². The first-order chi connectivity index (χ1) is 5.37. The smallest absolute Gasteiger partial charge is 0.245 e. The third kappa shape index (κ3) is 5.47. The van der Waals surface area contributed by atoms with E-state index < -0.39 is 5.92 Å². The van der Waals surface area contributed by atoms with Gasteiger partial charge in [0.1, 0.15) is 0 Å². The molecule has 0 aromatic carbocycles. The molecule has 0 aliphatic rings. The first kappa shape index (κ1) is 11.8. The molecule has 0 spiro atoms. The number of alkyl halides is 2. The van der Waals surface area contributed by atoms with Crippen LogP contribution in [0.2, 0.25) is 0 Å². The molecule has 0 saturated heterocycles. The van der Waals surface area contributed by atoms with Crippen LogP contribution in [0.5, 0.6) is 0 Å². The second-order valence-corrected chi connectivity index (χ2v) is 3.84. The molecule has 1 atom stereocenters. The van der Waals surface area contributed by atoms with Gasteiger partial charge in [0, 0.05) is 6.42 Å². The molecule has 0 fully saturated rings. The van der Waals surface area contributed by atoms with Gasteiger partial charge in [0.25, 0.3) is 0 Å². The van der Waals surface area contributed by atoms with Crippen LogP contribution in [-0.4, -0.2) is 19.5 Å². The monoisotopic (exact) mass is 179 g/mol. The van der Waals surface area contributed by atoms with Crippen LogP contribution < -0.4 is 5.32 Å². The summed E-state index contributed by atoms with van der Waals surface area (Å²) in [7, 11) is 1.79. The molecule has 0 rings (SSSR count). The van der Waals surface area contributed by atoms with Crippen LogP contribution in [0.4, 0.5) is 8.78 Å². The van der Waals surface area contributed by atoms with Crippen LogP contribution in [0.15, 0.2) is 0 Å². The summed E-state index contributed by atoms with van der Waals surface area (Å²) in [6, 6.07) is 0. The van der Waals surface area contributed by atoms with Crippen molar-refractivity contribution in [2.24, 2.45) is 11.8 Å². The maximum Gasteiger partial charge on any atom is 0.245 e. The maximum atomic E-state index is 12.6. The molecule has 1 unspecified atom stereocenters. The first-order valence-electron chi connectivity index (χ1n) is 4.39. The Morgan fingerprint density at radius 1 is 1.33 bits per heavy atom. The summed E-state index contributed by atoms with van der Waals surface area (Å²) in [5.41, 5.74) is 0. The molecule has 0 amide bonds. The zero-order chi connectivity index (χ0) is 9.78. The molecule has 1 nitrogen and oxygen atoms in total. The molecule has 1 N–H and O–H groups in total. The molecule has 0 aliphatic carbocycles. The second kappa shape index (κ2) is 4.75. The number of nitrogens with one attached hydrogen (secondary N) is 1. The second-order valence-electron chi connectivity index (χ2n) is 3.84. The van der Waals surface area contributed by atoms with E-state index in [4.69, 9.17) is 0 Å². The van der Waals surface area contributed by atoms with Crippen LogP contribution >= 0.6 is 0 Å². The van der Waals surface area contributed by atoms with Gasteiger partial charge in [0.2, 0.25) is 5.92 Å². The summed E-state index contributed by atoms with van der Waals surface area (Å²) >= 11 is 0. The predicted molar refractivity (Wildman–Crippen MR) is 47.5 cm³/mol. The standard InChI is InChI=1S/C9H19F2N/c1-7(2)8(6-12-4)5-9(3,10)11/h7-8,12H,5-6H2,1-4H3. The van der Waals surface area contributed by atoms with E-state index in [2.05, 4.69) is 5.32 Å². The average Bonchev–Trinajstić information content (AvgIpc) is 1.83. The number of hydrogen-bond donors (Lipinski definition) is 1. The van der Waals surface area contributed by atoms with Gasteiger partial charge in [-0.15, -0.1) is 0 Å². The lowest BCUT2D eigenvalue weighted by Gasteiger charge is -2.23. The fourth-order valence-corrected chi connectivity index (χ4v) is 1.27. The Balaban J connectivity index is 3.95. The summed E-state index contributed by atoms with van der Waals surface area (Å²) in [6.45, 7) is 5.61. The Labute approximate surface area is 73.5 Å². The molecule has 74 valence electrons. The zero-order valence-corrected chi connectivity index (χ0v) is 8.32. The summed E-state index contributed by atoms with van der Waals surface area (Å²) in [6.07, 6.45) is -0.0223. The normalized spacial score (nSPS) is 15.2. The molecular weight excluding hydrogens is 160 g/mol. The van der Waals surface area contributed by atoms with Gasteiger partial charge in [0.15, 0.2) is 0 Å². The summed E-state index contributed by atoms with van der Waals surface area (Å²) in [5.74, 6) is -2.16. The number of hydrogen-bond acceptors (Lipinski definition) is 1. The highest BCUT2D eigenvalue weighted by molar-refractivity contribution is 4.71. The Morgan fingerprint density at radius 2 is 1.83 bits per heavy atom. The molecule has 0 aromatic rings. The SMILES string of the molecule is CNCC(CC(C)(F)F)C(C)C. The summed E-state index contributed by atoms with van der Waals surface area (Å²) in [5, 5.41) is 2.94. The maximum absolute atomic E-state index is 12.6. The lowest BCUT2D eigenvalue weighted by Crippen LogP contribution is -2.28. The van der Waals surface area contributed by atoms with E-state index in [1.165, 1.54) is 0 Å². The van der Waals surface area contributed by atoms with Gasteiger partial charge in [-0.25, -0.2) is 8.78 Å². The molecule has 0 aliphatic heterocycles. The lowest BCUT2D eigenvalue weighted by molar-refractivity contribution is -0.00970. The minimum absolute atomic E-state index is 0.0223. The Kier molecular flexibility index (Phi) is 4.68. The van der Waals surface area contributed by atoms with Gasteiger partial charge in [-0.2, -0.15) is 0 Å². The molecular formula is C9H19F2N. The van der Waals surface area contributed by atoms with E-state index in [-0.39, 0.29) is 12.3 Å². The zero-order valence-electron chi connectivity index (χ0n) is 8.32. The largest absolute Gasteiger partial charge is 0.319 e. The quantitative estimate of drug-likeness (QED) is 0.683. The van der Waals surface area contributed by atoms with Crippen LogP contribution in [-0.2, 0) is 0 Å². The molecule has 3 heteroatoms. The van der Waals surface area contributed by atoms with Crippen molar-refractivity contribution in [2.45, 2.75) is 33.1 Å². The Bertz CT molecular complexity index is 118. The van der Waals surface area contributed by atoms with Crippen molar-refractivity contribution in [1.82, 2.24) is 5.32 Å². The van der Waals surface area contributed by atoms with Crippen LogP contribution in [0.1, 0.15) is 27.2 Å². The number of halogens is 2.